The molecule has 0 aliphatic heterocycles. The van der Waals surface area contributed by atoms with Crippen molar-refractivity contribution in [2.75, 3.05) is 19.8 Å². The minimum Gasteiger partial charge on any atom is -0.462 e. The van der Waals surface area contributed by atoms with Gasteiger partial charge in [0.2, 0.25) is 0 Å². The molecule has 0 saturated heterocycles. The predicted octanol–water partition coefficient (Wildman–Crippen LogP) is 8.58. The van der Waals surface area contributed by atoms with E-state index < -0.39 is 75.7 Å². The zero-order valence-corrected chi connectivity index (χ0v) is 40.0. The lowest BCUT2D eigenvalue weighted by molar-refractivity contribution is -0.220. The Morgan fingerprint density at radius 3 is 1.35 bits per heavy atom. The van der Waals surface area contributed by atoms with E-state index in [-0.39, 0.29) is 19.4 Å². The summed E-state index contributed by atoms with van der Waals surface area (Å²) in [7, 11) is -5.16. The monoisotopic (exact) mass is 949 g/mol. The third kappa shape index (κ3) is 32.2. The van der Waals surface area contributed by atoms with Crippen molar-refractivity contribution in [1.82, 2.24) is 0 Å². The van der Waals surface area contributed by atoms with E-state index >= 15 is 0 Å². The van der Waals surface area contributed by atoms with Gasteiger partial charge in [-0.05, 0) is 103 Å². The molecule has 0 aromatic rings. The maximum absolute atomic E-state index is 12.8. The third-order valence-electron chi connectivity index (χ3n) is 10.2. The van der Waals surface area contributed by atoms with Crippen molar-refractivity contribution in [3.8, 4) is 0 Å². The number of carbonyl (C=O) groups excluding carboxylic acids is 2. The van der Waals surface area contributed by atoms with Crippen LogP contribution >= 0.6 is 7.82 Å². The molecule has 1 fully saturated rings. The Kier molecular flexibility index (Phi) is 37.1. The van der Waals surface area contributed by atoms with E-state index in [1.807, 2.05) is 12.2 Å². The Morgan fingerprint density at radius 1 is 0.500 bits per heavy atom. The van der Waals surface area contributed by atoms with Crippen LogP contribution in [0, 0.1) is 0 Å². The second kappa shape index (κ2) is 40.5. The predicted molar refractivity (Wildman–Crippen MR) is 259 cm³/mol. The molecule has 15 heteroatoms. The van der Waals surface area contributed by atoms with Gasteiger partial charge in [0, 0.05) is 19.4 Å². The molecule has 1 aliphatic carbocycles. The van der Waals surface area contributed by atoms with Gasteiger partial charge in [0.1, 0.15) is 43.2 Å². The molecular formula is C51H81O14P. The summed E-state index contributed by atoms with van der Waals surface area (Å²) >= 11 is 0. The molecule has 7 N–H and O–H groups in total. The van der Waals surface area contributed by atoms with Crippen molar-refractivity contribution < 1.29 is 68.2 Å². The number of hydrogen-bond acceptors (Lipinski definition) is 13. The Bertz CT molecular complexity index is 1560. The van der Waals surface area contributed by atoms with E-state index in [1.165, 1.54) is 0 Å². The highest BCUT2D eigenvalue weighted by molar-refractivity contribution is 7.47. The van der Waals surface area contributed by atoms with Crippen molar-refractivity contribution in [3.63, 3.8) is 0 Å². The quantitative estimate of drug-likeness (QED) is 0.0133. The Hall–Kier alpha value is -3.53. The fraction of sp³-hybridized carbons (Fsp3) is 0.608. The van der Waals surface area contributed by atoms with E-state index in [2.05, 4.69) is 104 Å². The smallest absolute Gasteiger partial charge is 0.462 e. The normalized spacial score (nSPS) is 22.2. The molecule has 0 aromatic heterocycles. The molecule has 1 saturated carbocycles. The summed E-state index contributed by atoms with van der Waals surface area (Å²) in [5, 5.41) is 59.0. The highest BCUT2D eigenvalue weighted by Gasteiger charge is 2.51. The third-order valence-corrected chi connectivity index (χ3v) is 11.1. The Labute approximate surface area is 394 Å². The number of phosphoric acid groups is 1. The van der Waals surface area contributed by atoms with E-state index in [1.54, 1.807) is 0 Å². The first kappa shape index (κ1) is 60.5. The summed E-state index contributed by atoms with van der Waals surface area (Å²) in [6, 6.07) is 0. The Morgan fingerprint density at radius 2 is 0.894 bits per heavy atom. The van der Waals surface area contributed by atoms with Crippen LogP contribution in [0.25, 0.3) is 0 Å². The maximum Gasteiger partial charge on any atom is 0.472 e. The van der Waals surface area contributed by atoms with E-state index in [0.717, 1.165) is 96.3 Å². The van der Waals surface area contributed by atoms with Gasteiger partial charge in [-0.15, -0.1) is 0 Å². The molecule has 0 radical (unpaired) electrons. The topological polar surface area (TPSA) is 230 Å². The summed E-state index contributed by atoms with van der Waals surface area (Å²) in [6.07, 6.45) is 40.1. The number of carbonyl (C=O) groups is 2. The molecule has 0 heterocycles. The van der Waals surface area contributed by atoms with Gasteiger partial charge in [-0.1, -0.05) is 129 Å². The van der Waals surface area contributed by atoms with Crippen molar-refractivity contribution in [2.24, 2.45) is 0 Å². The van der Waals surface area contributed by atoms with Crippen LogP contribution in [0.5, 0.6) is 0 Å². The van der Waals surface area contributed by atoms with Gasteiger partial charge in [-0.25, -0.2) is 4.57 Å². The molecule has 0 spiro atoms. The second-order valence-corrected chi connectivity index (χ2v) is 17.4. The molecule has 374 valence electrons. The second-order valence-electron chi connectivity index (χ2n) is 15.9. The van der Waals surface area contributed by atoms with Crippen LogP contribution in [0.1, 0.15) is 135 Å². The number of phosphoric ester groups is 1. The number of rotatable bonds is 38. The van der Waals surface area contributed by atoms with Crippen LogP contribution in [-0.4, -0.2) is 110 Å². The lowest BCUT2D eigenvalue weighted by Gasteiger charge is -2.41. The molecule has 14 nitrogen and oxygen atoms in total. The standard InChI is InChI=1S/C51H81O14P/c1-2-3-4-5-6-7-8-9-10-11-12-14-18-21-24-27-30-33-36-39-45(54)64-43(42-63-66(60,61)65-51-49(58)47(56)46(55)48(57)50(51)59)41-62-44(53)38-35-32-29-26-23-20-17-15-13-16-19-22-25-28-31-34-37-40-52/h3-4,6-7,9-10,12-14,16-17,20-22,24-26,29,43,46-52,55-59H,2,5,8,11,15,18-19,23,27-28,30-42H2,1H3,(H,60,61)/b4-3-,7-6-,10-9-,14-12-,16-13-,20-17-,24-21-,25-22-,29-26-/t43-,46?,47-,48+,49-,50-,51?/m1/s1. The van der Waals surface area contributed by atoms with Gasteiger partial charge in [0.25, 0.3) is 0 Å². The van der Waals surface area contributed by atoms with Crippen LogP contribution in [0.15, 0.2) is 109 Å². The first-order valence-electron chi connectivity index (χ1n) is 23.8. The molecule has 0 amide bonds. The van der Waals surface area contributed by atoms with E-state index in [4.69, 9.17) is 23.6 Å². The van der Waals surface area contributed by atoms with Gasteiger partial charge < -0.3 is 45.0 Å². The van der Waals surface area contributed by atoms with Crippen LogP contribution in [0.3, 0.4) is 0 Å². The first-order chi connectivity index (χ1) is 31.9. The molecule has 3 unspecified atom stereocenters. The van der Waals surface area contributed by atoms with E-state index in [0.29, 0.717) is 19.3 Å². The first-order valence-corrected chi connectivity index (χ1v) is 25.3. The highest BCUT2D eigenvalue weighted by atomic mass is 31.2. The van der Waals surface area contributed by atoms with Crippen LogP contribution in [0.4, 0.5) is 0 Å². The van der Waals surface area contributed by atoms with Crippen molar-refractivity contribution in [2.45, 2.75) is 178 Å². The molecule has 0 bridgehead atoms. The number of ether oxygens (including phenoxy) is 2. The summed E-state index contributed by atoms with van der Waals surface area (Å²) in [6.45, 7) is 1.10. The van der Waals surface area contributed by atoms with Crippen LogP contribution in [0.2, 0.25) is 0 Å². The number of aliphatic hydroxyl groups is 6. The van der Waals surface area contributed by atoms with Gasteiger partial charge in [-0.2, -0.15) is 0 Å². The fourth-order valence-electron chi connectivity index (χ4n) is 6.34. The number of esters is 2. The van der Waals surface area contributed by atoms with E-state index in [9.17, 15) is 44.6 Å². The molecule has 1 rings (SSSR count). The van der Waals surface area contributed by atoms with Crippen molar-refractivity contribution >= 4 is 19.8 Å². The molecule has 8 atom stereocenters. The van der Waals surface area contributed by atoms with Gasteiger partial charge in [0.15, 0.2) is 6.10 Å². The average molecular weight is 949 g/mol. The number of aliphatic hydroxyl groups excluding tert-OH is 6. The lowest BCUT2D eigenvalue weighted by Crippen LogP contribution is -2.64. The van der Waals surface area contributed by atoms with Crippen LogP contribution in [-0.2, 0) is 32.7 Å². The zero-order chi connectivity index (χ0) is 48.5. The summed E-state index contributed by atoms with van der Waals surface area (Å²) in [4.78, 5) is 35.7. The number of unbranched alkanes of at least 4 members (excludes halogenated alkanes) is 7. The SMILES string of the molecule is CC/C=C\C/C=C\C/C=C\C/C=C\C/C=C\CCCCCC(=O)O[C@H](COC(=O)CCC/C=C\C/C=C\C/C=C\C/C=C\CCCCCO)COP(=O)(O)OC1[C@H](O)[C@H](O)C(O)[C@H](O)[C@H]1O. The zero-order valence-electron chi connectivity index (χ0n) is 39.1. The molecule has 66 heavy (non-hydrogen) atoms. The van der Waals surface area contributed by atoms with Gasteiger partial charge in [0.05, 0.1) is 6.61 Å². The molecule has 1 aliphatic rings. The summed E-state index contributed by atoms with van der Waals surface area (Å²) < 4.78 is 33.5. The Balaban J connectivity index is 2.52. The molecular weight excluding hydrogens is 868 g/mol. The minimum atomic E-state index is -5.16. The number of hydrogen-bond donors (Lipinski definition) is 7. The maximum atomic E-state index is 12.8. The van der Waals surface area contributed by atoms with Crippen LogP contribution < -0.4 is 0 Å². The highest BCUT2D eigenvalue weighted by Crippen LogP contribution is 2.47. The summed E-state index contributed by atoms with van der Waals surface area (Å²) in [5.41, 5.74) is 0. The fourth-order valence-corrected chi connectivity index (χ4v) is 7.32. The van der Waals surface area contributed by atoms with Crippen molar-refractivity contribution in [1.29, 1.82) is 0 Å². The number of allylic oxidation sites excluding steroid dienone is 18. The van der Waals surface area contributed by atoms with Crippen molar-refractivity contribution in [3.05, 3.63) is 109 Å². The average Bonchev–Trinajstić information content (AvgIpc) is 3.30. The van der Waals surface area contributed by atoms with Gasteiger partial charge in [-0.3, -0.25) is 18.6 Å². The van der Waals surface area contributed by atoms with Gasteiger partial charge >= 0.3 is 19.8 Å². The lowest BCUT2D eigenvalue weighted by atomic mass is 9.85. The largest absolute Gasteiger partial charge is 0.472 e. The summed E-state index contributed by atoms with van der Waals surface area (Å²) in [5.74, 6) is -1.23. The minimum absolute atomic E-state index is 0.0333. The molecule has 0 aromatic carbocycles.